The Bertz CT molecular complexity index is 352. The Kier molecular flexibility index (Phi) is 6.19. The summed E-state index contributed by atoms with van der Waals surface area (Å²) >= 11 is 6.69. The van der Waals surface area contributed by atoms with E-state index in [4.69, 9.17) is 16.3 Å². The minimum Gasteiger partial charge on any atom is -0.384 e. The van der Waals surface area contributed by atoms with Crippen molar-refractivity contribution in [3.05, 3.63) is 35.4 Å². The molecule has 0 amide bonds. The SMILES string of the molecule is COCCc1ccc(C(Cl)C2CCCCCC2)cc1. The Morgan fingerprint density at radius 1 is 1.11 bits per heavy atom. The molecule has 1 aliphatic carbocycles. The van der Waals surface area contributed by atoms with Crippen LogP contribution in [0.15, 0.2) is 24.3 Å². The zero-order valence-electron chi connectivity index (χ0n) is 11.9. The molecule has 1 aromatic rings. The van der Waals surface area contributed by atoms with Gasteiger partial charge >= 0.3 is 0 Å². The minimum absolute atomic E-state index is 0.189. The second kappa shape index (κ2) is 7.91. The molecule has 1 saturated carbocycles. The van der Waals surface area contributed by atoms with E-state index in [2.05, 4.69) is 24.3 Å². The number of halogens is 1. The fraction of sp³-hybridized carbons (Fsp3) is 0.647. The van der Waals surface area contributed by atoms with Crippen LogP contribution in [0.1, 0.15) is 55.0 Å². The summed E-state index contributed by atoms with van der Waals surface area (Å²) < 4.78 is 5.11. The Balaban J connectivity index is 1.95. The molecule has 1 unspecified atom stereocenters. The molecule has 1 nitrogen and oxygen atoms in total. The highest BCUT2D eigenvalue weighted by Crippen LogP contribution is 2.37. The van der Waals surface area contributed by atoms with Crippen LogP contribution in [0.5, 0.6) is 0 Å². The topological polar surface area (TPSA) is 9.23 Å². The fourth-order valence-corrected chi connectivity index (χ4v) is 3.36. The van der Waals surface area contributed by atoms with Gasteiger partial charge in [-0.3, -0.25) is 0 Å². The molecular weight excluding hydrogens is 256 g/mol. The first kappa shape index (κ1) is 14.9. The lowest BCUT2D eigenvalue weighted by atomic mass is 9.91. The number of ether oxygens (including phenoxy) is 1. The molecule has 0 saturated heterocycles. The lowest BCUT2D eigenvalue weighted by molar-refractivity contribution is 0.202. The molecule has 0 N–H and O–H groups in total. The van der Waals surface area contributed by atoms with E-state index in [9.17, 15) is 0 Å². The normalized spacial score (nSPS) is 19.1. The maximum Gasteiger partial charge on any atom is 0.0613 e. The summed E-state index contributed by atoms with van der Waals surface area (Å²) in [5.41, 5.74) is 2.62. The standard InChI is InChI=1S/C17H25ClO/c1-19-13-12-14-8-10-16(11-9-14)17(18)15-6-4-2-3-5-7-15/h8-11,15,17H,2-7,12-13H2,1H3. The summed E-state index contributed by atoms with van der Waals surface area (Å²) in [6, 6.07) is 8.79. The van der Waals surface area contributed by atoms with Gasteiger partial charge < -0.3 is 4.74 Å². The number of alkyl halides is 1. The summed E-state index contributed by atoms with van der Waals surface area (Å²) in [5, 5.41) is 0.189. The van der Waals surface area contributed by atoms with Crippen molar-refractivity contribution < 1.29 is 4.74 Å². The van der Waals surface area contributed by atoms with Crippen LogP contribution in [0.4, 0.5) is 0 Å². The van der Waals surface area contributed by atoms with Crippen LogP contribution < -0.4 is 0 Å². The van der Waals surface area contributed by atoms with Gasteiger partial charge in [0, 0.05) is 7.11 Å². The lowest BCUT2D eigenvalue weighted by Crippen LogP contribution is -2.07. The molecule has 106 valence electrons. The third-order valence-corrected chi connectivity index (χ3v) is 4.82. The van der Waals surface area contributed by atoms with Gasteiger partial charge in [-0.15, -0.1) is 11.6 Å². The Morgan fingerprint density at radius 2 is 1.74 bits per heavy atom. The summed E-state index contributed by atoms with van der Waals surface area (Å²) in [4.78, 5) is 0. The third-order valence-electron chi connectivity index (χ3n) is 4.21. The molecule has 0 radical (unpaired) electrons. The number of methoxy groups -OCH3 is 1. The van der Waals surface area contributed by atoms with E-state index in [-0.39, 0.29) is 5.38 Å². The van der Waals surface area contributed by atoms with Gasteiger partial charge in [0.2, 0.25) is 0 Å². The predicted octanol–water partition coefficient (Wildman–Crippen LogP) is 5.13. The molecule has 2 heteroatoms. The molecule has 1 aromatic carbocycles. The third kappa shape index (κ3) is 4.50. The van der Waals surface area contributed by atoms with Gasteiger partial charge in [-0.1, -0.05) is 49.9 Å². The van der Waals surface area contributed by atoms with Crippen molar-refractivity contribution >= 4 is 11.6 Å². The highest BCUT2D eigenvalue weighted by atomic mass is 35.5. The van der Waals surface area contributed by atoms with Crippen molar-refractivity contribution in [2.45, 2.75) is 50.3 Å². The number of rotatable bonds is 5. The van der Waals surface area contributed by atoms with E-state index in [1.54, 1.807) is 7.11 Å². The number of benzene rings is 1. The zero-order chi connectivity index (χ0) is 13.5. The first-order valence-electron chi connectivity index (χ1n) is 7.53. The van der Waals surface area contributed by atoms with Crippen LogP contribution in [-0.2, 0) is 11.2 Å². The van der Waals surface area contributed by atoms with Crippen molar-refractivity contribution in [2.75, 3.05) is 13.7 Å². The van der Waals surface area contributed by atoms with Crippen LogP contribution in [0.2, 0.25) is 0 Å². The van der Waals surface area contributed by atoms with Crippen LogP contribution in [0.3, 0.4) is 0 Å². The quantitative estimate of drug-likeness (QED) is 0.537. The van der Waals surface area contributed by atoms with Gasteiger partial charge in [0.05, 0.1) is 12.0 Å². The molecular formula is C17H25ClO. The predicted molar refractivity (Wildman–Crippen MR) is 81.8 cm³/mol. The van der Waals surface area contributed by atoms with Crippen molar-refractivity contribution in [1.29, 1.82) is 0 Å². The maximum atomic E-state index is 6.69. The Morgan fingerprint density at radius 3 is 2.32 bits per heavy atom. The number of hydrogen-bond donors (Lipinski definition) is 0. The van der Waals surface area contributed by atoms with Crippen LogP contribution in [0, 0.1) is 5.92 Å². The van der Waals surface area contributed by atoms with Crippen molar-refractivity contribution in [1.82, 2.24) is 0 Å². The largest absolute Gasteiger partial charge is 0.384 e. The van der Waals surface area contributed by atoms with Crippen LogP contribution >= 0.6 is 11.6 Å². The molecule has 1 aliphatic rings. The molecule has 0 bridgehead atoms. The van der Waals surface area contributed by atoms with Gasteiger partial charge in [0.15, 0.2) is 0 Å². The first-order valence-corrected chi connectivity index (χ1v) is 7.97. The highest BCUT2D eigenvalue weighted by Gasteiger charge is 2.22. The van der Waals surface area contributed by atoms with Crippen molar-refractivity contribution in [3.63, 3.8) is 0 Å². The van der Waals surface area contributed by atoms with Gasteiger partial charge in [0.1, 0.15) is 0 Å². The minimum atomic E-state index is 0.189. The Hall–Kier alpha value is -0.530. The van der Waals surface area contributed by atoms with E-state index in [0.717, 1.165) is 13.0 Å². The van der Waals surface area contributed by atoms with E-state index < -0.39 is 0 Å². The van der Waals surface area contributed by atoms with Gasteiger partial charge in [0.25, 0.3) is 0 Å². The van der Waals surface area contributed by atoms with Crippen LogP contribution in [0.25, 0.3) is 0 Å². The highest BCUT2D eigenvalue weighted by molar-refractivity contribution is 6.21. The zero-order valence-corrected chi connectivity index (χ0v) is 12.7. The maximum absolute atomic E-state index is 6.69. The van der Waals surface area contributed by atoms with Crippen molar-refractivity contribution in [2.24, 2.45) is 5.92 Å². The number of hydrogen-bond acceptors (Lipinski definition) is 1. The summed E-state index contributed by atoms with van der Waals surface area (Å²) in [6.07, 6.45) is 9.03. The average Bonchev–Trinajstić information content (AvgIpc) is 2.74. The van der Waals surface area contributed by atoms with E-state index in [1.165, 1.54) is 49.7 Å². The van der Waals surface area contributed by atoms with Crippen LogP contribution in [-0.4, -0.2) is 13.7 Å². The van der Waals surface area contributed by atoms with E-state index >= 15 is 0 Å². The summed E-state index contributed by atoms with van der Waals surface area (Å²) in [5.74, 6) is 0.661. The van der Waals surface area contributed by atoms with Gasteiger partial charge in [-0.25, -0.2) is 0 Å². The molecule has 1 fully saturated rings. The summed E-state index contributed by atoms with van der Waals surface area (Å²) in [6.45, 7) is 0.784. The van der Waals surface area contributed by atoms with E-state index in [1.807, 2.05) is 0 Å². The second-order valence-corrected chi connectivity index (χ2v) is 6.11. The molecule has 1 atom stereocenters. The average molecular weight is 281 g/mol. The molecule has 0 aliphatic heterocycles. The second-order valence-electron chi connectivity index (χ2n) is 5.64. The Labute approximate surface area is 122 Å². The van der Waals surface area contributed by atoms with Crippen molar-refractivity contribution in [3.8, 4) is 0 Å². The lowest BCUT2D eigenvalue weighted by Gasteiger charge is -2.21. The van der Waals surface area contributed by atoms with E-state index in [0.29, 0.717) is 5.92 Å². The molecule has 2 rings (SSSR count). The fourth-order valence-electron chi connectivity index (χ4n) is 2.96. The molecule has 0 spiro atoms. The smallest absolute Gasteiger partial charge is 0.0613 e. The first-order chi connectivity index (χ1) is 9.31. The van der Waals surface area contributed by atoms with Gasteiger partial charge in [-0.2, -0.15) is 0 Å². The molecule has 0 heterocycles. The monoisotopic (exact) mass is 280 g/mol. The molecule has 0 aromatic heterocycles. The molecule has 19 heavy (non-hydrogen) atoms. The van der Waals surface area contributed by atoms with Gasteiger partial charge in [-0.05, 0) is 36.3 Å². The summed E-state index contributed by atoms with van der Waals surface area (Å²) in [7, 11) is 1.75.